The lowest BCUT2D eigenvalue weighted by Gasteiger charge is -2.34. The van der Waals surface area contributed by atoms with Crippen molar-refractivity contribution in [3.8, 4) is 0 Å². The van der Waals surface area contributed by atoms with Crippen LogP contribution in [0.3, 0.4) is 0 Å². The second-order valence-corrected chi connectivity index (χ2v) is 9.90. The van der Waals surface area contributed by atoms with Crippen LogP contribution in [0, 0.1) is 0 Å². The number of benzene rings is 3. The second-order valence-electron chi connectivity index (χ2n) is 9.90. The first-order valence-corrected chi connectivity index (χ1v) is 12.7. The van der Waals surface area contributed by atoms with E-state index in [0.29, 0.717) is 37.6 Å². The van der Waals surface area contributed by atoms with Crippen molar-refractivity contribution >= 4 is 16.7 Å². The molecule has 4 aromatic rings. The van der Waals surface area contributed by atoms with Crippen molar-refractivity contribution in [3.63, 3.8) is 0 Å². The van der Waals surface area contributed by atoms with Gasteiger partial charge in [0.25, 0.3) is 11.5 Å². The van der Waals surface area contributed by atoms with Crippen LogP contribution in [-0.4, -0.2) is 27.1 Å². The smallest absolute Gasteiger partial charge is 0.294 e. The zero-order chi connectivity index (χ0) is 24.5. The van der Waals surface area contributed by atoms with E-state index in [1.807, 2.05) is 34.9 Å². The number of hydrogen-bond donors (Lipinski definition) is 0. The van der Waals surface area contributed by atoms with Crippen molar-refractivity contribution in [1.82, 2.24) is 14.6 Å². The summed E-state index contributed by atoms with van der Waals surface area (Å²) in [6.07, 6.45) is 5.02. The minimum absolute atomic E-state index is 0.105. The fraction of sp³-hybridized carbons (Fsp3) is 0.300. The van der Waals surface area contributed by atoms with Gasteiger partial charge in [-0.1, -0.05) is 85.6 Å². The molecule has 3 aromatic carbocycles. The van der Waals surface area contributed by atoms with E-state index in [-0.39, 0.29) is 16.9 Å². The zero-order valence-corrected chi connectivity index (χ0v) is 20.2. The van der Waals surface area contributed by atoms with Gasteiger partial charge in [-0.25, -0.2) is 5.06 Å². The van der Waals surface area contributed by atoms with Crippen LogP contribution in [0.4, 0.5) is 0 Å². The summed E-state index contributed by atoms with van der Waals surface area (Å²) in [5.74, 6) is 0.409. The molecule has 0 saturated heterocycles. The van der Waals surface area contributed by atoms with Gasteiger partial charge >= 0.3 is 0 Å². The predicted molar refractivity (Wildman–Crippen MR) is 139 cm³/mol. The van der Waals surface area contributed by atoms with Crippen molar-refractivity contribution in [2.45, 2.75) is 50.7 Å². The highest BCUT2D eigenvalue weighted by atomic mass is 16.7. The molecule has 1 aromatic heterocycles. The summed E-state index contributed by atoms with van der Waals surface area (Å²) >= 11 is 0. The number of amides is 1. The molecule has 0 N–H and O–H groups in total. The molecule has 36 heavy (non-hydrogen) atoms. The molecule has 0 atom stereocenters. The highest BCUT2D eigenvalue weighted by Gasteiger charge is 2.39. The van der Waals surface area contributed by atoms with Gasteiger partial charge in [-0.2, -0.15) is 4.98 Å². The van der Waals surface area contributed by atoms with E-state index in [4.69, 9.17) is 4.84 Å². The molecule has 2 heterocycles. The number of nitrogens with zero attached hydrogens (tertiary/aromatic N) is 3. The summed E-state index contributed by atoms with van der Waals surface area (Å²) in [7, 11) is 0. The number of carbonyl (C=O) groups is 1. The van der Waals surface area contributed by atoms with Crippen LogP contribution in [0.15, 0.2) is 83.7 Å². The van der Waals surface area contributed by atoms with Crippen LogP contribution in [0.25, 0.3) is 10.8 Å². The minimum atomic E-state index is -0.374. The summed E-state index contributed by atoms with van der Waals surface area (Å²) in [4.78, 5) is 36.3. The van der Waals surface area contributed by atoms with Crippen molar-refractivity contribution < 1.29 is 9.63 Å². The molecule has 6 nitrogen and oxygen atoms in total. The van der Waals surface area contributed by atoms with Gasteiger partial charge in [0.15, 0.2) is 0 Å². The normalized spacial score (nSPS) is 16.9. The largest absolute Gasteiger partial charge is 0.323 e. The molecule has 1 amide bonds. The van der Waals surface area contributed by atoms with E-state index in [2.05, 4.69) is 47.4 Å². The molecule has 1 aliphatic carbocycles. The van der Waals surface area contributed by atoms with Crippen LogP contribution >= 0.6 is 0 Å². The highest BCUT2D eigenvalue weighted by molar-refractivity contribution is 5.92. The quantitative estimate of drug-likeness (QED) is 0.389. The Labute approximate surface area is 210 Å². The van der Waals surface area contributed by atoms with Gasteiger partial charge in [0.2, 0.25) is 0 Å². The van der Waals surface area contributed by atoms with Gasteiger partial charge in [-0.15, -0.1) is 0 Å². The van der Waals surface area contributed by atoms with E-state index in [1.165, 1.54) is 27.5 Å². The molecule has 0 radical (unpaired) electrons. The fourth-order valence-electron chi connectivity index (χ4n) is 5.97. The van der Waals surface area contributed by atoms with Gasteiger partial charge in [0.1, 0.15) is 18.1 Å². The molecule has 6 rings (SSSR count). The lowest BCUT2D eigenvalue weighted by molar-refractivity contribution is -0.139. The molecule has 0 spiro atoms. The Hall–Kier alpha value is -3.77. The SMILES string of the molecule is O=C1c2cc(=O)nc(CC3(c4cccc5ccccc45)CCCC3)n2CCN1OCc1ccccc1. The summed E-state index contributed by atoms with van der Waals surface area (Å²) in [6, 6.07) is 26.1. The Kier molecular flexibility index (Phi) is 5.89. The average Bonchev–Trinajstić information content (AvgIpc) is 3.38. The van der Waals surface area contributed by atoms with Crippen LogP contribution in [-0.2, 0) is 29.8 Å². The van der Waals surface area contributed by atoms with Gasteiger partial charge < -0.3 is 4.57 Å². The van der Waals surface area contributed by atoms with Crippen molar-refractivity contribution in [1.29, 1.82) is 0 Å². The van der Waals surface area contributed by atoms with E-state index < -0.39 is 0 Å². The first kappa shape index (κ1) is 22.7. The van der Waals surface area contributed by atoms with Crippen molar-refractivity contribution in [2.24, 2.45) is 0 Å². The van der Waals surface area contributed by atoms with Crippen molar-refractivity contribution in [2.75, 3.05) is 6.54 Å². The van der Waals surface area contributed by atoms with E-state index in [0.717, 1.165) is 31.2 Å². The molecule has 1 saturated carbocycles. The lowest BCUT2D eigenvalue weighted by Crippen LogP contribution is -2.43. The van der Waals surface area contributed by atoms with Crippen LogP contribution in [0.1, 0.15) is 53.1 Å². The number of rotatable bonds is 6. The number of hydrogen-bond acceptors (Lipinski definition) is 4. The van der Waals surface area contributed by atoms with Crippen molar-refractivity contribution in [3.05, 3.63) is 112 Å². The van der Waals surface area contributed by atoms with E-state index >= 15 is 0 Å². The Morgan fingerprint density at radius 2 is 1.61 bits per heavy atom. The van der Waals surface area contributed by atoms with Gasteiger partial charge in [-0.05, 0) is 34.7 Å². The highest BCUT2D eigenvalue weighted by Crippen LogP contribution is 2.46. The first-order chi connectivity index (χ1) is 17.6. The summed E-state index contributed by atoms with van der Waals surface area (Å²) < 4.78 is 1.94. The zero-order valence-electron chi connectivity index (χ0n) is 20.2. The second kappa shape index (κ2) is 9.36. The first-order valence-electron chi connectivity index (χ1n) is 12.7. The number of hydroxylamine groups is 2. The average molecular weight is 480 g/mol. The third-order valence-electron chi connectivity index (χ3n) is 7.72. The molecular formula is C30H29N3O3. The molecule has 0 bridgehead atoms. The maximum atomic E-state index is 13.3. The molecule has 182 valence electrons. The van der Waals surface area contributed by atoms with Crippen LogP contribution in [0.2, 0.25) is 0 Å². The Morgan fingerprint density at radius 1 is 0.861 bits per heavy atom. The fourth-order valence-corrected chi connectivity index (χ4v) is 5.97. The Morgan fingerprint density at radius 3 is 2.44 bits per heavy atom. The summed E-state index contributed by atoms with van der Waals surface area (Å²) in [5, 5.41) is 3.86. The van der Waals surface area contributed by atoms with E-state index in [1.54, 1.807) is 0 Å². The van der Waals surface area contributed by atoms with Gasteiger partial charge in [0.05, 0.1) is 6.54 Å². The monoisotopic (exact) mass is 479 g/mol. The molecular weight excluding hydrogens is 450 g/mol. The molecule has 2 aliphatic rings. The maximum absolute atomic E-state index is 13.3. The number of carbonyl (C=O) groups excluding carboxylic acids is 1. The third kappa shape index (κ3) is 4.11. The van der Waals surface area contributed by atoms with Gasteiger partial charge in [0, 0.05) is 24.4 Å². The molecule has 6 heteroatoms. The molecule has 0 unspecified atom stereocenters. The van der Waals surface area contributed by atoms with Crippen LogP contribution in [0.5, 0.6) is 0 Å². The van der Waals surface area contributed by atoms with Crippen LogP contribution < -0.4 is 5.56 Å². The van der Waals surface area contributed by atoms with E-state index in [9.17, 15) is 9.59 Å². The summed E-state index contributed by atoms with van der Waals surface area (Å²) in [6.45, 7) is 1.26. The standard InChI is InChI=1S/C30H29N3O3/c34-28-19-26-29(35)33(36-21-22-9-2-1-3-10-22)18-17-32(26)27(31-28)20-30(15-6-7-16-30)25-14-8-12-23-11-4-5-13-24(23)25/h1-5,8-14,19H,6-7,15-18,20-21H2. The Bertz CT molecular complexity index is 1470. The molecule has 1 fully saturated rings. The Balaban J connectivity index is 1.33. The maximum Gasteiger partial charge on any atom is 0.294 e. The third-order valence-corrected chi connectivity index (χ3v) is 7.72. The lowest BCUT2D eigenvalue weighted by atomic mass is 9.74. The van der Waals surface area contributed by atoms with Gasteiger partial charge in [-0.3, -0.25) is 14.4 Å². The number of fused-ring (bicyclic) bond motifs is 2. The number of aromatic nitrogens is 2. The summed E-state index contributed by atoms with van der Waals surface area (Å²) in [5.41, 5.74) is 2.19. The topological polar surface area (TPSA) is 64.4 Å². The molecule has 1 aliphatic heterocycles. The predicted octanol–water partition coefficient (Wildman–Crippen LogP) is 5.04. The minimum Gasteiger partial charge on any atom is -0.323 e.